The van der Waals surface area contributed by atoms with Crippen LogP contribution in [0.1, 0.15) is 22.8 Å². The topological polar surface area (TPSA) is 43.4 Å². The molecule has 0 aliphatic carbocycles. The Morgan fingerprint density at radius 3 is 2.81 bits per heavy atom. The van der Waals surface area contributed by atoms with Crippen LogP contribution in [0.5, 0.6) is 0 Å². The molecule has 0 atom stereocenters. The molecule has 0 fully saturated rings. The summed E-state index contributed by atoms with van der Waals surface area (Å²) in [5, 5.41) is 0.508. The number of esters is 1. The van der Waals surface area contributed by atoms with Gasteiger partial charge in [0.05, 0.1) is 6.61 Å². The highest BCUT2D eigenvalue weighted by Gasteiger charge is 2.00. The molecule has 0 spiro atoms. The van der Waals surface area contributed by atoms with Crippen LogP contribution in [0.15, 0.2) is 24.3 Å². The van der Waals surface area contributed by atoms with Gasteiger partial charge in [-0.15, -0.1) is 0 Å². The van der Waals surface area contributed by atoms with Crippen LogP contribution < -0.4 is 0 Å². The molecule has 0 amide bonds. The molecule has 0 aromatic heterocycles. The highest BCUT2D eigenvalue weighted by atomic mass is 35.5. The molecule has 0 radical (unpaired) electrons. The minimum absolute atomic E-state index is 0.319. The van der Waals surface area contributed by atoms with Crippen LogP contribution in [0.2, 0.25) is 5.02 Å². The van der Waals surface area contributed by atoms with Crippen molar-refractivity contribution >= 4 is 29.9 Å². The number of carbonyl (C=O) groups is 2. The Bertz CT molecular complexity index is 424. The number of hydrogen-bond donors (Lipinski definition) is 0. The second-order valence-electron chi connectivity index (χ2n) is 2.98. The molecule has 1 aromatic carbocycles. The molecule has 0 aliphatic rings. The van der Waals surface area contributed by atoms with Crippen molar-refractivity contribution < 1.29 is 14.3 Å². The second-order valence-corrected chi connectivity index (χ2v) is 3.41. The molecular weight excluding hydrogens is 228 g/mol. The van der Waals surface area contributed by atoms with Crippen molar-refractivity contribution in [3.63, 3.8) is 0 Å². The number of halogens is 1. The summed E-state index contributed by atoms with van der Waals surface area (Å²) in [5.74, 6) is -0.445. The Balaban J connectivity index is 2.91. The highest BCUT2D eigenvalue weighted by Crippen LogP contribution is 2.16. The minimum Gasteiger partial charge on any atom is -0.463 e. The van der Waals surface area contributed by atoms with E-state index in [-0.39, 0.29) is 0 Å². The molecule has 3 nitrogen and oxygen atoms in total. The zero-order chi connectivity index (χ0) is 12.0. The van der Waals surface area contributed by atoms with Crippen LogP contribution in [0.3, 0.4) is 0 Å². The number of hydrogen-bond acceptors (Lipinski definition) is 3. The van der Waals surface area contributed by atoms with Crippen molar-refractivity contribution in [2.24, 2.45) is 0 Å². The van der Waals surface area contributed by atoms with Gasteiger partial charge in [0.25, 0.3) is 0 Å². The van der Waals surface area contributed by atoms with Crippen LogP contribution in [-0.4, -0.2) is 18.9 Å². The predicted molar refractivity (Wildman–Crippen MR) is 62.5 cm³/mol. The smallest absolute Gasteiger partial charge is 0.330 e. The summed E-state index contributed by atoms with van der Waals surface area (Å²) in [5.41, 5.74) is 1.07. The van der Waals surface area contributed by atoms with Gasteiger partial charge < -0.3 is 4.74 Å². The van der Waals surface area contributed by atoms with Gasteiger partial charge in [-0.2, -0.15) is 0 Å². The van der Waals surface area contributed by atoms with Gasteiger partial charge >= 0.3 is 5.97 Å². The van der Waals surface area contributed by atoms with Crippen molar-refractivity contribution in [2.45, 2.75) is 6.92 Å². The first kappa shape index (κ1) is 12.5. The van der Waals surface area contributed by atoms with Gasteiger partial charge in [0, 0.05) is 16.7 Å². The Hall–Kier alpha value is -1.61. The molecule has 0 N–H and O–H groups in total. The van der Waals surface area contributed by atoms with Crippen molar-refractivity contribution in [1.29, 1.82) is 0 Å². The maximum absolute atomic E-state index is 11.1. The van der Waals surface area contributed by atoms with Crippen LogP contribution in [0, 0.1) is 0 Å². The van der Waals surface area contributed by atoms with E-state index in [1.165, 1.54) is 12.2 Å². The number of aldehydes is 1. The number of ether oxygens (including phenoxy) is 1. The molecule has 0 bridgehead atoms. The van der Waals surface area contributed by atoms with Crippen LogP contribution in [-0.2, 0) is 9.53 Å². The summed E-state index contributed by atoms with van der Waals surface area (Å²) >= 11 is 5.78. The Labute approximate surface area is 98.7 Å². The van der Waals surface area contributed by atoms with Crippen molar-refractivity contribution in [3.8, 4) is 0 Å². The van der Waals surface area contributed by atoms with E-state index in [2.05, 4.69) is 0 Å². The maximum Gasteiger partial charge on any atom is 0.330 e. The van der Waals surface area contributed by atoms with Gasteiger partial charge in [0.1, 0.15) is 0 Å². The Morgan fingerprint density at radius 2 is 2.19 bits per heavy atom. The normalized spacial score (nSPS) is 10.4. The lowest BCUT2D eigenvalue weighted by atomic mass is 10.1. The highest BCUT2D eigenvalue weighted by molar-refractivity contribution is 6.30. The fourth-order valence-corrected chi connectivity index (χ4v) is 1.33. The van der Waals surface area contributed by atoms with E-state index in [1.807, 2.05) is 0 Å². The van der Waals surface area contributed by atoms with Gasteiger partial charge in [0.15, 0.2) is 6.29 Å². The Morgan fingerprint density at radius 1 is 1.44 bits per heavy atom. The lowest BCUT2D eigenvalue weighted by molar-refractivity contribution is -0.137. The monoisotopic (exact) mass is 238 g/mol. The molecule has 4 heteroatoms. The average molecular weight is 239 g/mol. The van der Waals surface area contributed by atoms with Crippen LogP contribution in [0.4, 0.5) is 0 Å². The van der Waals surface area contributed by atoms with E-state index in [1.54, 1.807) is 25.1 Å². The zero-order valence-electron chi connectivity index (χ0n) is 8.77. The standard InChI is InChI=1S/C12H11ClO3/c1-2-16-12(15)6-4-9-7-11(13)5-3-10(9)8-14/h3-8H,2H2,1H3/b6-4+. The molecule has 84 valence electrons. The largest absolute Gasteiger partial charge is 0.463 e. The second kappa shape index (κ2) is 6.08. The van der Waals surface area contributed by atoms with Gasteiger partial charge in [-0.25, -0.2) is 4.79 Å². The minimum atomic E-state index is -0.445. The van der Waals surface area contributed by atoms with Crippen LogP contribution in [0.25, 0.3) is 6.08 Å². The molecule has 0 unspecified atom stereocenters. The van der Waals surface area contributed by atoms with Gasteiger partial charge in [0.2, 0.25) is 0 Å². The summed E-state index contributed by atoms with van der Waals surface area (Å²) in [4.78, 5) is 21.8. The summed E-state index contributed by atoms with van der Waals surface area (Å²) in [6.45, 7) is 2.04. The number of benzene rings is 1. The van der Waals surface area contributed by atoms with E-state index < -0.39 is 5.97 Å². The third kappa shape index (κ3) is 3.51. The summed E-state index contributed by atoms with van der Waals surface area (Å²) in [7, 11) is 0. The van der Waals surface area contributed by atoms with Crippen molar-refractivity contribution in [3.05, 3.63) is 40.4 Å². The molecule has 0 aliphatic heterocycles. The quantitative estimate of drug-likeness (QED) is 0.460. The molecule has 0 heterocycles. The van der Waals surface area contributed by atoms with E-state index in [4.69, 9.17) is 16.3 Å². The SMILES string of the molecule is CCOC(=O)/C=C/c1cc(Cl)ccc1C=O. The summed E-state index contributed by atoms with van der Waals surface area (Å²) < 4.78 is 4.72. The van der Waals surface area contributed by atoms with Crippen molar-refractivity contribution in [1.82, 2.24) is 0 Å². The molecule has 1 rings (SSSR count). The van der Waals surface area contributed by atoms with E-state index >= 15 is 0 Å². The first-order valence-corrected chi connectivity index (χ1v) is 5.14. The van der Waals surface area contributed by atoms with Gasteiger partial charge in [-0.05, 0) is 36.8 Å². The summed E-state index contributed by atoms with van der Waals surface area (Å²) in [6.07, 6.45) is 3.48. The fraction of sp³-hybridized carbons (Fsp3) is 0.167. The number of rotatable bonds is 4. The van der Waals surface area contributed by atoms with E-state index in [0.717, 1.165) is 0 Å². The first-order chi connectivity index (χ1) is 7.67. The zero-order valence-corrected chi connectivity index (χ0v) is 9.53. The maximum atomic E-state index is 11.1. The molecule has 0 saturated heterocycles. The van der Waals surface area contributed by atoms with Crippen molar-refractivity contribution in [2.75, 3.05) is 6.61 Å². The first-order valence-electron chi connectivity index (χ1n) is 4.77. The molecule has 1 aromatic rings. The fourth-order valence-electron chi connectivity index (χ4n) is 1.15. The lowest BCUT2D eigenvalue weighted by Gasteiger charge is -1.99. The van der Waals surface area contributed by atoms with E-state index in [0.29, 0.717) is 29.0 Å². The average Bonchev–Trinajstić information content (AvgIpc) is 2.27. The molecule has 16 heavy (non-hydrogen) atoms. The third-order valence-electron chi connectivity index (χ3n) is 1.86. The number of carbonyl (C=O) groups excluding carboxylic acids is 2. The molecular formula is C12H11ClO3. The summed E-state index contributed by atoms with van der Waals surface area (Å²) in [6, 6.07) is 4.83. The van der Waals surface area contributed by atoms with Gasteiger partial charge in [-0.3, -0.25) is 4.79 Å². The molecule has 0 saturated carbocycles. The third-order valence-corrected chi connectivity index (χ3v) is 2.10. The van der Waals surface area contributed by atoms with Crippen LogP contribution >= 0.6 is 11.6 Å². The lowest BCUT2D eigenvalue weighted by Crippen LogP contribution is -1.99. The van der Waals surface area contributed by atoms with E-state index in [9.17, 15) is 9.59 Å². The Kier molecular flexibility index (Phi) is 4.73. The van der Waals surface area contributed by atoms with Gasteiger partial charge in [-0.1, -0.05) is 11.6 Å². The predicted octanol–water partition coefficient (Wildman–Crippen LogP) is 2.73.